The Labute approximate surface area is 95.2 Å². The van der Waals surface area contributed by atoms with E-state index in [1.54, 1.807) is 0 Å². The van der Waals surface area contributed by atoms with Gasteiger partial charge in [-0.2, -0.15) is 0 Å². The number of aromatic nitrogens is 1. The van der Waals surface area contributed by atoms with Gasteiger partial charge in [0.15, 0.2) is 5.13 Å². The number of carbonyl (C=O) groups is 1. The molecule has 1 aliphatic heterocycles. The van der Waals surface area contributed by atoms with E-state index in [1.165, 1.54) is 11.3 Å². The van der Waals surface area contributed by atoms with Crippen molar-refractivity contribution in [3.05, 3.63) is 17.7 Å². The number of nitrogens with one attached hydrogen (secondary N) is 1. The molecule has 3 N–H and O–H groups in total. The summed E-state index contributed by atoms with van der Waals surface area (Å²) in [5, 5.41) is 3.02. The van der Waals surface area contributed by atoms with Gasteiger partial charge in [-0.1, -0.05) is 11.3 Å². The Kier molecular flexibility index (Phi) is 1.97. The Morgan fingerprint density at radius 2 is 2.44 bits per heavy atom. The summed E-state index contributed by atoms with van der Waals surface area (Å²) >= 11 is 1.41. The highest BCUT2D eigenvalue weighted by atomic mass is 32.1. The third kappa shape index (κ3) is 1.38. The molecule has 2 heterocycles. The SMILES string of the molecule is NC(=O)Nc1nc2c3c(ccc2s1)OCC3. The van der Waals surface area contributed by atoms with Gasteiger partial charge in [0.25, 0.3) is 0 Å². The quantitative estimate of drug-likeness (QED) is 0.790. The summed E-state index contributed by atoms with van der Waals surface area (Å²) in [7, 11) is 0. The molecule has 6 heteroatoms. The minimum atomic E-state index is -0.591. The maximum Gasteiger partial charge on any atom is 0.318 e. The van der Waals surface area contributed by atoms with Gasteiger partial charge < -0.3 is 10.5 Å². The van der Waals surface area contributed by atoms with Crippen molar-refractivity contribution in [3.63, 3.8) is 0 Å². The van der Waals surface area contributed by atoms with E-state index in [2.05, 4.69) is 10.3 Å². The Morgan fingerprint density at radius 1 is 1.56 bits per heavy atom. The zero-order valence-corrected chi connectivity index (χ0v) is 9.13. The summed E-state index contributed by atoms with van der Waals surface area (Å²) < 4.78 is 6.48. The highest BCUT2D eigenvalue weighted by Crippen LogP contribution is 2.36. The van der Waals surface area contributed by atoms with E-state index in [-0.39, 0.29) is 0 Å². The van der Waals surface area contributed by atoms with E-state index in [0.717, 1.165) is 28.0 Å². The van der Waals surface area contributed by atoms with Crippen molar-refractivity contribution in [2.24, 2.45) is 5.73 Å². The fourth-order valence-corrected chi connectivity index (χ4v) is 2.73. The van der Waals surface area contributed by atoms with Gasteiger partial charge in [0.05, 0.1) is 16.8 Å². The normalized spacial score (nSPS) is 13.5. The number of carbonyl (C=O) groups excluding carboxylic acids is 1. The van der Waals surface area contributed by atoms with Crippen molar-refractivity contribution in [3.8, 4) is 5.75 Å². The van der Waals surface area contributed by atoms with E-state index >= 15 is 0 Å². The number of hydrogen-bond acceptors (Lipinski definition) is 4. The minimum Gasteiger partial charge on any atom is -0.493 e. The second kappa shape index (κ2) is 3.34. The highest BCUT2D eigenvalue weighted by Gasteiger charge is 2.18. The summed E-state index contributed by atoms with van der Waals surface area (Å²) in [6.07, 6.45) is 0.867. The van der Waals surface area contributed by atoms with Crippen molar-refractivity contribution >= 4 is 32.7 Å². The van der Waals surface area contributed by atoms with E-state index in [0.29, 0.717) is 11.7 Å². The Balaban J connectivity index is 2.14. The molecular formula is C10H9N3O2S. The van der Waals surface area contributed by atoms with Crippen LogP contribution in [0.15, 0.2) is 12.1 Å². The molecule has 1 aromatic carbocycles. The van der Waals surface area contributed by atoms with Gasteiger partial charge in [0, 0.05) is 12.0 Å². The number of nitrogens with zero attached hydrogens (tertiary/aromatic N) is 1. The standard InChI is InChI=1S/C10H9N3O2S/c11-9(14)13-10-12-8-5-3-4-15-6(5)1-2-7(8)16-10/h1-2H,3-4H2,(H3,11,12,13,14). The average Bonchev–Trinajstić information content (AvgIpc) is 2.78. The fraction of sp³-hybridized carbons (Fsp3) is 0.200. The molecule has 1 aliphatic rings. The number of thiazole rings is 1. The first kappa shape index (κ1) is 9.41. The molecule has 0 aliphatic carbocycles. The maximum atomic E-state index is 10.7. The molecular weight excluding hydrogens is 226 g/mol. The number of urea groups is 1. The molecule has 1 aromatic heterocycles. The molecule has 0 saturated heterocycles. The lowest BCUT2D eigenvalue weighted by Crippen LogP contribution is -2.18. The van der Waals surface area contributed by atoms with E-state index in [9.17, 15) is 4.79 Å². The summed E-state index contributed by atoms with van der Waals surface area (Å²) in [4.78, 5) is 15.1. The molecule has 2 amide bonds. The lowest BCUT2D eigenvalue weighted by atomic mass is 10.1. The van der Waals surface area contributed by atoms with Crippen LogP contribution in [0.5, 0.6) is 5.75 Å². The molecule has 2 aromatic rings. The van der Waals surface area contributed by atoms with E-state index in [1.807, 2.05) is 12.1 Å². The Hall–Kier alpha value is -1.82. The van der Waals surface area contributed by atoms with Crippen LogP contribution in [0.4, 0.5) is 9.93 Å². The first-order chi connectivity index (χ1) is 7.74. The number of primary amides is 1. The zero-order valence-electron chi connectivity index (χ0n) is 8.32. The van der Waals surface area contributed by atoms with Crippen LogP contribution in [0, 0.1) is 0 Å². The largest absolute Gasteiger partial charge is 0.493 e. The van der Waals surface area contributed by atoms with Crippen molar-refractivity contribution in [2.75, 3.05) is 11.9 Å². The average molecular weight is 235 g/mol. The number of hydrogen-bond donors (Lipinski definition) is 2. The molecule has 0 radical (unpaired) electrons. The van der Waals surface area contributed by atoms with Crippen molar-refractivity contribution < 1.29 is 9.53 Å². The predicted molar refractivity (Wildman–Crippen MR) is 62.0 cm³/mol. The number of fused-ring (bicyclic) bond motifs is 3. The lowest BCUT2D eigenvalue weighted by molar-refractivity contribution is 0.259. The molecule has 0 spiro atoms. The van der Waals surface area contributed by atoms with Crippen LogP contribution in [0.1, 0.15) is 5.56 Å². The van der Waals surface area contributed by atoms with Gasteiger partial charge >= 0.3 is 6.03 Å². The van der Waals surface area contributed by atoms with Crippen LogP contribution in [-0.2, 0) is 6.42 Å². The number of amides is 2. The second-order valence-electron chi connectivity index (χ2n) is 3.50. The van der Waals surface area contributed by atoms with Crippen LogP contribution in [-0.4, -0.2) is 17.6 Å². The van der Waals surface area contributed by atoms with Crippen LogP contribution in [0.3, 0.4) is 0 Å². The van der Waals surface area contributed by atoms with Gasteiger partial charge in [0.2, 0.25) is 0 Å². The number of anilines is 1. The molecule has 0 fully saturated rings. The topological polar surface area (TPSA) is 77.2 Å². The molecule has 0 bridgehead atoms. The van der Waals surface area contributed by atoms with Crippen LogP contribution in [0.25, 0.3) is 10.2 Å². The molecule has 0 saturated carbocycles. The highest BCUT2D eigenvalue weighted by molar-refractivity contribution is 7.22. The molecule has 0 unspecified atom stereocenters. The Bertz CT molecular complexity index is 579. The summed E-state index contributed by atoms with van der Waals surface area (Å²) in [5.41, 5.74) is 7.07. The lowest BCUT2D eigenvalue weighted by Gasteiger charge is -1.97. The van der Waals surface area contributed by atoms with Gasteiger partial charge in [-0.3, -0.25) is 5.32 Å². The van der Waals surface area contributed by atoms with Crippen molar-refractivity contribution in [2.45, 2.75) is 6.42 Å². The molecule has 16 heavy (non-hydrogen) atoms. The number of benzene rings is 1. The van der Waals surface area contributed by atoms with Crippen LogP contribution >= 0.6 is 11.3 Å². The third-order valence-electron chi connectivity index (χ3n) is 2.46. The van der Waals surface area contributed by atoms with E-state index < -0.39 is 6.03 Å². The second-order valence-corrected chi connectivity index (χ2v) is 4.53. The van der Waals surface area contributed by atoms with Gasteiger partial charge in [0.1, 0.15) is 5.75 Å². The Morgan fingerprint density at radius 3 is 3.25 bits per heavy atom. The third-order valence-corrected chi connectivity index (χ3v) is 3.40. The van der Waals surface area contributed by atoms with Gasteiger partial charge in [-0.05, 0) is 12.1 Å². The first-order valence-electron chi connectivity index (χ1n) is 4.86. The molecule has 0 atom stereocenters. The first-order valence-corrected chi connectivity index (χ1v) is 5.67. The molecule has 3 rings (SSSR count). The van der Waals surface area contributed by atoms with Gasteiger partial charge in [-0.15, -0.1) is 0 Å². The fourth-order valence-electron chi connectivity index (χ4n) is 1.83. The monoisotopic (exact) mass is 235 g/mol. The maximum absolute atomic E-state index is 10.7. The summed E-state index contributed by atoms with van der Waals surface area (Å²) in [6, 6.07) is 3.30. The predicted octanol–water partition coefficient (Wildman–Crippen LogP) is 1.72. The van der Waals surface area contributed by atoms with Crippen LogP contribution in [0.2, 0.25) is 0 Å². The zero-order chi connectivity index (χ0) is 11.1. The van der Waals surface area contributed by atoms with Crippen LogP contribution < -0.4 is 15.8 Å². The van der Waals surface area contributed by atoms with Crippen molar-refractivity contribution in [1.29, 1.82) is 0 Å². The van der Waals surface area contributed by atoms with Crippen molar-refractivity contribution in [1.82, 2.24) is 4.98 Å². The smallest absolute Gasteiger partial charge is 0.318 e. The minimum absolute atomic E-state index is 0.530. The molecule has 5 nitrogen and oxygen atoms in total. The number of rotatable bonds is 1. The number of ether oxygens (including phenoxy) is 1. The van der Waals surface area contributed by atoms with Gasteiger partial charge in [-0.25, -0.2) is 9.78 Å². The summed E-state index contributed by atoms with van der Waals surface area (Å²) in [6.45, 7) is 0.699. The summed E-state index contributed by atoms with van der Waals surface area (Å²) in [5.74, 6) is 0.892. The van der Waals surface area contributed by atoms with E-state index in [4.69, 9.17) is 10.5 Å². The molecule has 82 valence electrons. The number of nitrogens with two attached hydrogens (primary N) is 1.